The second kappa shape index (κ2) is 5.32. The van der Waals surface area contributed by atoms with Crippen LogP contribution in [0, 0.1) is 17.8 Å². The first kappa shape index (κ1) is 15.7. The molecule has 0 aliphatic rings. The van der Waals surface area contributed by atoms with E-state index in [0.717, 1.165) is 6.07 Å². The summed E-state index contributed by atoms with van der Waals surface area (Å²) in [6.07, 6.45) is -4.98. The van der Waals surface area contributed by atoms with Crippen LogP contribution < -0.4 is 5.73 Å². The van der Waals surface area contributed by atoms with Crippen LogP contribution in [-0.2, 0) is 5.60 Å². The maximum absolute atomic E-state index is 13.1. The van der Waals surface area contributed by atoms with Gasteiger partial charge in [-0.1, -0.05) is 37.3 Å². The Morgan fingerprint density at radius 3 is 2.37 bits per heavy atom. The number of hydrogen-bond acceptors (Lipinski definition) is 2. The van der Waals surface area contributed by atoms with E-state index in [1.807, 2.05) is 5.92 Å². The SMILES string of the molecule is CC(C)C#CC(O)(c1cc(Cl)ccc1N)C(F)(F)F. The molecule has 0 fully saturated rings. The van der Waals surface area contributed by atoms with E-state index in [2.05, 4.69) is 5.92 Å². The third kappa shape index (κ3) is 3.34. The lowest BCUT2D eigenvalue weighted by Gasteiger charge is -2.27. The Labute approximate surface area is 114 Å². The molecule has 1 aromatic rings. The minimum absolute atomic E-state index is 0.0400. The van der Waals surface area contributed by atoms with Crippen LogP contribution in [0.3, 0.4) is 0 Å². The minimum atomic E-state index is -4.98. The average molecular weight is 292 g/mol. The Bertz CT molecular complexity index is 531. The van der Waals surface area contributed by atoms with Crippen molar-refractivity contribution in [2.45, 2.75) is 25.6 Å². The fraction of sp³-hybridized carbons (Fsp3) is 0.385. The van der Waals surface area contributed by atoms with Crippen LogP contribution in [-0.4, -0.2) is 11.3 Å². The number of halogens is 4. The lowest BCUT2D eigenvalue weighted by atomic mass is 9.91. The van der Waals surface area contributed by atoms with Gasteiger partial charge in [-0.25, -0.2) is 0 Å². The van der Waals surface area contributed by atoms with Crippen molar-refractivity contribution in [3.63, 3.8) is 0 Å². The van der Waals surface area contributed by atoms with Crippen LogP contribution >= 0.6 is 11.6 Å². The molecule has 1 atom stereocenters. The normalized spacial score (nSPS) is 14.7. The second-order valence-corrected chi connectivity index (χ2v) is 4.80. The predicted octanol–water partition coefficient (Wildman–Crippen LogP) is 3.33. The fourth-order valence-electron chi connectivity index (χ4n) is 1.38. The third-order valence-electron chi connectivity index (χ3n) is 2.36. The Morgan fingerprint density at radius 1 is 1.32 bits per heavy atom. The molecule has 1 rings (SSSR count). The van der Waals surface area contributed by atoms with Crippen molar-refractivity contribution in [3.8, 4) is 11.8 Å². The van der Waals surface area contributed by atoms with Gasteiger partial charge in [0, 0.05) is 22.2 Å². The minimum Gasteiger partial charge on any atom is -0.398 e. The molecular weight excluding hydrogens is 279 g/mol. The zero-order valence-electron chi connectivity index (χ0n) is 10.3. The summed E-state index contributed by atoms with van der Waals surface area (Å²) in [4.78, 5) is 0. The third-order valence-corrected chi connectivity index (χ3v) is 2.59. The highest BCUT2D eigenvalue weighted by atomic mass is 35.5. The van der Waals surface area contributed by atoms with Crippen LogP contribution in [0.1, 0.15) is 19.4 Å². The summed E-state index contributed by atoms with van der Waals surface area (Å²) in [6, 6.07) is 3.51. The van der Waals surface area contributed by atoms with Crippen LogP contribution in [0.5, 0.6) is 0 Å². The lowest BCUT2D eigenvalue weighted by Crippen LogP contribution is -2.41. The molecule has 1 unspecified atom stereocenters. The van der Waals surface area contributed by atoms with Crippen LogP contribution in [0.25, 0.3) is 0 Å². The highest BCUT2D eigenvalue weighted by Gasteiger charge is 2.55. The number of anilines is 1. The summed E-state index contributed by atoms with van der Waals surface area (Å²) in [6.45, 7) is 3.23. The quantitative estimate of drug-likeness (QED) is 0.616. The monoisotopic (exact) mass is 291 g/mol. The number of alkyl halides is 3. The van der Waals surface area contributed by atoms with Gasteiger partial charge in [0.2, 0.25) is 5.60 Å². The summed E-state index contributed by atoms with van der Waals surface area (Å²) >= 11 is 5.65. The van der Waals surface area contributed by atoms with Crippen molar-refractivity contribution in [1.82, 2.24) is 0 Å². The number of nitrogen functional groups attached to an aromatic ring is 1. The molecular formula is C13H13ClF3NO. The average Bonchev–Trinajstić information content (AvgIpc) is 2.27. The van der Waals surface area contributed by atoms with Gasteiger partial charge in [0.1, 0.15) is 0 Å². The Hall–Kier alpha value is -1.38. The Kier molecular flexibility index (Phi) is 4.39. The highest BCUT2D eigenvalue weighted by molar-refractivity contribution is 6.30. The van der Waals surface area contributed by atoms with Gasteiger partial charge in [0.05, 0.1) is 0 Å². The molecule has 3 N–H and O–H groups in total. The first-order valence-corrected chi connectivity index (χ1v) is 5.83. The van der Waals surface area contributed by atoms with E-state index in [-0.39, 0.29) is 16.6 Å². The van der Waals surface area contributed by atoms with Crippen molar-refractivity contribution in [2.75, 3.05) is 5.73 Å². The van der Waals surface area contributed by atoms with Crippen LogP contribution in [0.4, 0.5) is 18.9 Å². The van der Waals surface area contributed by atoms with Crippen molar-refractivity contribution in [3.05, 3.63) is 28.8 Å². The van der Waals surface area contributed by atoms with Gasteiger partial charge in [-0.15, -0.1) is 0 Å². The van der Waals surface area contributed by atoms with E-state index in [1.54, 1.807) is 13.8 Å². The first-order chi connectivity index (χ1) is 8.58. The number of benzene rings is 1. The van der Waals surface area contributed by atoms with E-state index < -0.39 is 17.3 Å². The van der Waals surface area contributed by atoms with E-state index >= 15 is 0 Å². The van der Waals surface area contributed by atoms with E-state index in [0.29, 0.717) is 0 Å². The van der Waals surface area contributed by atoms with Gasteiger partial charge >= 0.3 is 6.18 Å². The topological polar surface area (TPSA) is 46.2 Å². The fourth-order valence-corrected chi connectivity index (χ4v) is 1.55. The number of hydrogen-bond donors (Lipinski definition) is 2. The van der Waals surface area contributed by atoms with Crippen LogP contribution in [0.15, 0.2) is 18.2 Å². The van der Waals surface area contributed by atoms with Crippen molar-refractivity contribution in [1.29, 1.82) is 0 Å². The summed E-state index contributed by atoms with van der Waals surface area (Å²) in [5, 5.41) is 9.98. The van der Waals surface area contributed by atoms with Crippen molar-refractivity contribution < 1.29 is 18.3 Å². The van der Waals surface area contributed by atoms with E-state index in [4.69, 9.17) is 17.3 Å². The van der Waals surface area contributed by atoms with Gasteiger partial charge in [0.15, 0.2) is 0 Å². The Balaban J connectivity index is 3.50. The van der Waals surface area contributed by atoms with Gasteiger partial charge in [-0.2, -0.15) is 13.2 Å². The number of rotatable bonds is 1. The van der Waals surface area contributed by atoms with Gasteiger partial charge in [-0.3, -0.25) is 0 Å². The maximum Gasteiger partial charge on any atom is 0.433 e. The molecule has 0 bridgehead atoms. The summed E-state index contributed by atoms with van der Waals surface area (Å²) in [5.41, 5.74) is 1.39. The van der Waals surface area contributed by atoms with E-state index in [1.165, 1.54) is 12.1 Å². The predicted molar refractivity (Wildman–Crippen MR) is 68.4 cm³/mol. The largest absolute Gasteiger partial charge is 0.433 e. The molecule has 6 heteroatoms. The van der Waals surface area contributed by atoms with Gasteiger partial charge in [-0.05, 0) is 18.2 Å². The summed E-state index contributed by atoms with van der Waals surface area (Å²) in [7, 11) is 0. The van der Waals surface area contributed by atoms with Gasteiger partial charge < -0.3 is 10.8 Å². The standard InChI is InChI=1S/C13H13ClF3NO/c1-8(2)5-6-12(19,13(15,16)17)10-7-9(14)3-4-11(10)18/h3-4,7-8,19H,18H2,1-2H3. The molecule has 0 spiro atoms. The molecule has 0 aliphatic heterocycles. The second-order valence-electron chi connectivity index (χ2n) is 4.36. The lowest BCUT2D eigenvalue weighted by molar-refractivity contribution is -0.240. The first-order valence-electron chi connectivity index (χ1n) is 5.45. The van der Waals surface area contributed by atoms with Crippen molar-refractivity contribution in [2.24, 2.45) is 5.92 Å². The molecule has 0 aromatic heterocycles. The molecule has 0 aliphatic carbocycles. The summed E-state index contributed by atoms with van der Waals surface area (Å²) in [5.74, 6) is 3.86. The van der Waals surface area contributed by atoms with Gasteiger partial charge in [0.25, 0.3) is 0 Å². The maximum atomic E-state index is 13.1. The van der Waals surface area contributed by atoms with Crippen LogP contribution in [0.2, 0.25) is 5.02 Å². The van der Waals surface area contributed by atoms with Crippen molar-refractivity contribution >= 4 is 17.3 Å². The molecule has 104 valence electrons. The number of nitrogens with two attached hydrogens (primary N) is 1. The molecule has 1 aromatic carbocycles. The molecule has 0 heterocycles. The molecule has 0 saturated heterocycles. The molecule has 0 radical (unpaired) electrons. The summed E-state index contributed by atoms with van der Waals surface area (Å²) < 4.78 is 39.3. The number of aliphatic hydroxyl groups is 1. The zero-order valence-corrected chi connectivity index (χ0v) is 11.1. The highest BCUT2D eigenvalue weighted by Crippen LogP contribution is 2.41. The molecule has 0 saturated carbocycles. The zero-order chi connectivity index (χ0) is 14.8. The molecule has 2 nitrogen and oxygen atoms in total. The Morgan fingerprint density at radius 2 is 1.89 bits per heavy atom. The molecule has 0 amide bonds. The smallest absolute Gasteiger partial charge is 0.398 e. The van der Waals surface area contributed by atoms with E-state index in [9.17, 15) is 18.3 Å². The molecule has 19 heavy (non-hydrogen) atoms.